The Kier molecular flexibility index (Phi) is 40.5. The highest BCUT2D eigenvalue weighted by Crippen LogP contribution is 2.34. The average molecular weight is 1420 g/mol. The molecule has 7 N–H and O–H groups in total. The number of aliphatic hydroxyl groups is 1. The van der Waals surface area contributed by atoms with Crippen LogP contribution >= 0.6 is 0 Å². The number of Topliss-reactive ketones (excluding diaryl/α,β-unsaturated/α-hetero) is 4. The van der Waals surface area contributed by atoms with Crippen LogP contribution < -0.4 is 27.0 Å². The molecule has 12 atom stereocenters. The molecule has 0 aromatic heterocycles. The second-order valence-electron chi connectivity index (χ2n) is 28.2. The van der Waals surface area contributed by atoms with Crippen LogP contribution in [0.3, 0.4) is 0 Å². The van der Waals surface area contributed by atoms with Gasteiger partial charge in [0, 0.05) is 110 Å². The smallest absolute Gasteiger partial charge is 0.407 e. The van der Waals surface area contributed by atoms with Crippen molar-refractivity contribution in [2.24, 2.45) is 53.1 Å². The molecular weight excluding hydrogens is 1300 g/mol. The van der Waals surface area contributed by atoms with Crippen LogP contribution in [-0.2, 0) is 73.4 Å². The minimum atomic E-state index is -0.870. The zero-order valence-electron chi connectivity index (χ0n) is 63.0. The van der Waals surface area contributed by atoms with E-state index in [-0.39, 0.29) is 161 Å². The van der Waals surface area contributed by atoms with Gasteiger partial charge in [0.1, 0.15) is 24.8 Å². The maximum Gasteiger partial charge on any atom is 0.407 e. The molecule has 2 aromatic rings. The van der Waals surface area contributed by atoms with Gasteiger partial charge < -0.3 is 70.5 Å². The lowest BCUT2D eigenvalue weighted by molar-refractivity contribution is -0.150. The summed E-state index contributed by atoms with van der Waals surface area (Å²) in [4.78, 5) is 152. The first-order valence-corrected chi connectivity index (χ1v) is 36.4. The standard InChI is InChI=1S/C76H122N8O17/c1-16-51(9)70(64(97-14)45-66(90)84-38-25-30-60(84)72(98-15)53(11)61(86)42-52(10)71(92)55-26-20-18-21-27-55)83(13)74(94)59(48(3)4)44-63(88)69(50(7)8)82(12)67(91)47-100-41-40-99-39-37-79-76(96)101-46-54-32-34-57(35-33-54)80-73(93)56(28-24-36-78-75(77)95)43-62(87)68(49(5)6)81-65(89)31-23-19-22-29-58(85)17-2/h18,20-21,26-27,32-35,48-53,56,59-60,64,68-72,92H,16-17,19,22-25,28-31,36-47H2,1-15H3,(H,79,96)(H,80,93)(H,81,89)(H3,77,78,95)/t51-,52-,53-,56-,59?,60-,64+,68?,69?,70-,71+,72+/m0/s1. The molecule has 0 radical (unpaired) electrons. The van der Waals surface area contributed by atoms with Crippen LogP contribution in [-0.4, -0.2) is 195 Å². The Balaban J connectivity index is 1.49. The van der Waals surface area contributed by atoms with Gasteiger partial charge in [-0.25, -0.2) is 9.59 Å². The number of anilines is 1. The van der Waals surface area contributed by atoms with Crippen molar-refractivity contribution in [3.63, 3.8) is 0 Å². The Labute approximate surface area is 600 Å². The van der Waals surface area contributed by atoms with E-state index in [1.807, 2.05) is 106 Å². The number of carbonyl (C=O) groups excluding carboxylic acids is 11. The highest BCUT2D eigenvalue weighted by molar-refractivity contribution is 5.98. The van der Waals surface area contributed by atoms with E-state index in [0.717, 1.165) is 12.0 Å². The highest BCUT2D eigenvalue weighted by Gasteiger charge is 2.44. The molecule has 8 amide bonds. The lowest BCUT2D eigenvalue weighted by Crippen LogP contribution is -2.54. The van der Waals surface area contributed by atoms with E-state index >= 15 is 0 Å². The lowest BCUT2D eigenvalue weighted by Gasteiger charge is -2.41. The van der Waals surface area contributed by atoms with E-state index in [1.165, 1.54) is 12.0 Å². The van der Waals surface area contributed by atoms with Gasteiger partial charge in [-0.05, 0) is 91.4 Å². The van der Waals surface area contributed by atoms with Gasteiger partial charge in [0.15, 0.2) is 11.6 Å². The number of amides is 8. The molecule has 1 saturated heterocycles. The first kappa shape index (κ1) is 88.0. The molecule has 1 heterocycles. The van der Waals surface area contributed by atoms with Crippen LogP contribution in [0.4, 0.5) is 15.3 Å². The van der Waals surface area contributed by atoms with Crippen molar-refractivity contribution in [2.45, 2.75) is 222 Å². The summed E-state index contributed by atoms with van der Waals surface area (Å²) in [6.07, 6.45) is 2.74. The van der Waals surface area contributed by atoms with Crippen molar-refractivity contribution in [1.29, 1.82) is 0 Å². The van der Waals surface area contributed by atoms with Crippen molar-refractivity contribution in [3.05, 3.63) is 65.7 Å². The summed E-state index contributed by atoms with van der Waals surface area (Å²) < 4.78 is 28.7. The van der Waals surface area contributed by atoms with Crippen LogP contribution in [0.15, 0.2) is 54.6 Å². The minimum Gasteiger partial charge on any atom is -0.445 e. The van der Waals surface area contributed by atoms with Crippen LogP contribution in [0.2, 0.25) is 0 Å². The number of nitrogens with two attached hydrogens (primary N) is 1. The molecule has 0 spiro atoms. The fourth-order valence-electron chi connectivity index (χ4n) is 13.2. The number of ketones is 4. The number of nitrogens with zero attached hydrogens (tertiary/aromatic N) is 3. The molecule has 25 nitrogen and oxygen atoms in total. The molecular formula is C76H122N8O17. The third kappa shape index (κ3) is 30.0. The number of urea groups is 1. The number of aliphatic hydroxyl groups excluding tert-OH is 1. The predicted octanol–water partition coefficient (Wildman–Crippen LogP) is 8.94. The van der Waals surface area contributed by atoms with Crippen molar-refractivity contribution in [2.75, 3.05) is 79.7 Å². The summed E-state index contributed by atoms with van der Waals surface area (Å²) in [5, 5.41) is 21.8. The van der Waals surface area contributed by atoms with Gasteiger partial charge in [-0.2, -0.15) is 0 Å². The Hall–Kier alpha value is -7.19. The topological polar surface area (TPSA) is 338 Å². The summed E-state index contributed by atoms with van der Waals surface area (Å²) in [5.41, 5.74) is 7.01. The third-order valence-corrected chi connectivity index (χ3v) is 19.5. The van der Waals surface area contributed by atoms with Gasteiger partial charge in [0.25, 0.3) is 0 Å². The lowest BCUT2D eigenvalue weighted by atomic mass is 9.83. The molecule has 0 saturated carbocycles. The first-order valence-electron chi connectivity index (χ1n) is 36.4. The molecule has 3 rings (SSSR count). The Morgan fingerprint density at radius 3 is 1.95 bits per heavy atom. The number of carbonyl (C=O) groups is 11. The summed E-state index contributed by atoms with van der Waals surface area (Å²) >= 11 is 0. The molecule has 1 aliphatic heterocycles. The summed E-state index contributed by atoms with van der Waals surface area (Å²) in [5.74, 6) is -5.51. The number of rotatable bonds is 50. The number of likely N-dealkylation sites (tertiary alicyclic amines) is 1. The summed E-state index contributed by atoms with van der Waals surface area (Å²) in [7, 11) is 6.32. The monoisotopic (exact) mass is 1420 g/mol. The second kappa shape index (κ2) is 46.4. The van der Waals surface area contributed by atoms with Crippen molar-refractivity contribution < 1.29 is 81.5 Å². The molecule has 1 aliphatic rings. The first-order chi connectivity index (χ1) is 47.9. The number of alkyl carbamates (subject to hydrolysis) is 1. The quantitative estimate of drug-likeness (QED) is 0.0337. The molecule has 3 unspecified atom stereocenters. The van der Waals surface area contributed by atoms with Crippen molar-refractivity contribution >= 4 is 70.5 Å². The number of likely N-dealkylation sites (N-methyl/N-ethyl adjacent to an activating group) is 2. The van der Waals surface area contributed by atoms with Gasteiger partial charge in [0.05, 0.1) is 68.7 Å². The SMILES string of the molecule is CCC(=O)CCCCCC(=O)NC(C(=O)C[C@H](CCCNC(N)=O)C(=O)Nc1ccc(COC(=O)NCCOCCOCC(=O)N(C)C(C(=O)CC(C(=O)N(C)[C@@H]([C@@H](C)CC)[C@@H](CC(=O)N2CCC[C@H]2[C@H](OC)[C@@H](C)C(=O)C[C@H](C)[C@@H](O)c2ccccc2)OC)C(C)C)C(C)C)cc1)C(C)C. The number of unbranched alkanes of at least 4 members (excludes halogenated alkanes) is 2. The van der Waals surface area contributed by atoms with Gasteiger partial charge in [0.2, 0.25) is 29.5 Å². The number of primary amides is 1. The number of hydrogen-bond donors (Lipinski definition) is 6. The van der Waals surface area contributed by atoms with Crippen LogP contribution in [0.25, 0.3) is 0 Å². The van der Waals surface area contributed by atoms with Crippen LogP contribution in [0.5, 0.6) is 0 Å². The van der Waals surface area contributed by atoms with Gasteiger partial charge in [-0.1, -0.05) is 131 Å². The van der Waals surface area contributed by atoms with Gasteiger partial charge in [-0.15, -0.1) is 0 Å². The second-order valence-corrected chi connectivity index (χ2v) is 28.2. The van der Waals surface area contributed by atoms with Gasteiger partial charge >= 0.3 is 12.1 Å². The van der Waals surface area contributed by atoms with E-state index in [4.69, 9.17) is 29.4 Å². The zero-order valence-corrected chi connectivity index (χ0v) is 63.0. The average Bonchev–Trinajstić information content (AvgIpc) is 1.80. The summed E-state index contributed by atoms with van der Waals surface area (Å²) in [6, 6.07) is 12.5. The van der Waals surface area contributed by atoms with Crippen LogP contribution in [0.1, 0.15) is 190 Å². The molecule has 568 valence electrons. The van der Waals surface area contributed by atoms with E-state index in [1.54, 1.807) is 55.3 Å². The number of ether oxygens (including phenoxy) is 5. The molecule has 25 heteroatoms. The fraction of sp³-hybridized carbons (Fsp3) is 0.697. The minimum absolute atomic E-state index is 0.0360. The molecule has 101 heavy (non-hydrogen) atoms. The van der Waals surface area contributed by atoms with E-state index in [9.17, 15) is 57.8 Å². The Morgan fingerprint density at radius 1 is 0.683 bits per heavy atom. The largest absolute Gasteiger partial charge is 0.445 e. The third-order valence-electron chi connectivity index (χ3n) is 19.5. The van der Waals surface area contributed by atoms with Gasteiger partial charge in [-0.3, -0.25) is 43.2 Å². The zero-order chi connectivity index (χ0) is 75.5. The van der Waals surface area contributed by atoms with E-state index in [2.05, 4.69) is 21.3 Å². The number of nitrogens with one attached hydrogen (secondary N) is 4. The maximum absolute atomic E-state index is 14.8. The maximum atomic E-state index is 14.8. The molecule has 0 bridgehead atoms. The van der Waals surface area contributed by atoms with E-state index in [0.29, 0.717) is 69.2 Å². The summed E-state index contributed by atoms with van der Waals surface area (Å²) in [6.45, 7) is 21.1. The van der Waals surface area contributed by atoms with E-state index < -0.39 is 78.1 Å². The predicted molar refractivity (Wildman–Crippen MR) is 386 cm³/mol. The fourth-order valence-corrected chi connectivity index (χ4v) is 13.2. The molecule has 0 aliphatic carbocycles. The van der Waals surface area contributed by atoms with Crippen molar-refractivity contribution in [3.8, 4) is 0 Å². The highest BCUT2D eigenvalue weighted by atomic mass is 16.6. The Bertz CT molecular complexity index is 2910. The molecule has 1 fully saturated rings. The van der Waals surface area contributed by atoms with Crippen molar-refractivity contribution in [1.82, 2.24) is 30.7 Å². The number of methoxy groups -OCH3 is 2. The normalized spacial score (nSPS) is 16.3. The number of hydrogen-bond acceptors (Lipinski definition) is 17. The molecule has 2 aromatic carbocycles. The number of benzene rings is 2. The van der Waals surface area contributed by atoms with Crippen LogP contribution in [0, 0.1) is 47.3 Å². The Morgan fingerprint density at radius 2 is 1.35 bits per heavy atom.